The number of ether oxygens (including phenoxy) is 2. The van der Waals surface area contributed by atoms with Crippen molar-refractivity contribution in [2.24, 2.45) is 5.41 Å². The summed E-state index contributed by atoms with van der Waals surface area (Å²) in [6, 6.07) is 7.59. The van der Waals surface area contributed by atoms with Crippen LogP contribution in [0.4, 0.5) is 0 Å². The maximum Gasteiger partial charge on any atom is 0.338 e. The minimum atomic E-state index is -0.452. The van der Waals surface area contributed by atoms with Crippen LogP contribution in [-0.4, -0.2) is 11.9 Å². The van der Waals surface area contributed by atoms with E-state index in [1.54, 1.807) is 13.8 Å². The van der Waals surface area contributed by atoms with Crippen LogP contribution in [0, 0.1) is 5.41 Å². The summed E-state index contributed by atoms with van der Waals surface area (Å²) in [4.78, 5) is 25.0. The lowest BCUT2D eigenvalue weighted by Gasteiger charge is -2.38. The van der Waals surface area contributed by atoms with Gasteiger partial charge in [-0.25, -0.2) is 9.59 Å². The molecule has 4 nitrogen and oxygen atoms in total. The van der Waals surface area contributed by atoms with Crippen molar-refractivity contribution in [1.29, 1.82) is 0 Å². The molecule has 2 aromatic rings. The van der Waals surface area contributed by atoms with E-state index in [-0.39, 0.29) is 11.3 Å². The van der Waals surface area contributed by atoms with E-state index in [4.69, 9.17) is 9.47 Å². The Morgan fingerprint density at radius 2 is 1.43 bits per heavy atom. The average molecular weight is 407 g/mol. The van der Waals surface area contributed by atoms with Gasteiger partial charge in [0.2, 0.25) is 0 Å². The summed E-state index contributed by atoms with van der Waals surface area (Å²) in [5.74, 6) is 0.362. The van der Waals surface area contributed by atoms with E-state index in [0.717, 1.165) is 41.2 Å². The molecule has 158 valence electrons. The number of hydrogen-bond acceptors (Lipinski definition) is 4. The fraction of sp³-hybridized carbons (Fsp3) is 0.385. The zero-order valence-corrected chi connectivity index (χ0v) is 18.6. The van der Waals surface area contributed by atoms with Crippen LogP contribution in [0.25, 0.3) is 10.8 Å². The first-order chi connectivity index (χ1) is 14.0. The van der Waals surface area contributed by atoms with Crippen LogP contribution in [-0.2, 0) is 16.0 Å². The molecule has 0 radical (unpaired) electrons. The number of rotatable bonds is 4. The SMILES string of the molecule is C=C(C)C(=O)Oc1c2c(c(OC(=O)C(=C)C)c3ccccc13)C(C(C)(C)C)CCC2. The molecule has 1 unspecified atom stereocenters. The second kappa shape index (κ2) is 8.10. The predicted octanol–water partition coefficient (Wildman–Crippen LogP) is 6.27. The average Bonchev–Trinajstić information content (AvgIpc) is 2.68. The normalized spacial score (nSPS) is 16.0. The summed E-state index contributed by atoms with van der Waals surface area (Å²) in [6.07, 6.45) is 2.70. The van der Waals surface area contributed by atoms with Crippen molar-refractivity contribution < 1.29 is 19.1 Å². The van der Waals surface area contributed by atoms with E-state index in [0.29, 0.717) is 22.6 Å². The second-order valence-corrected chi connectivity index (χ2v) is 9.25. The number of carbonyl (C=O) groups is 2. The third kappa shape index (κ3) is 4.04. The molecule has 1 aliphatic carbocycles. The molecule has 0 aliphatic heterocycles. The minimum absolute atomic E-state index is 0.0579. The van der Waals surface area contributed by atoms with Crippen LogP contribution in [0.2, 0.25) is 0 Å². The third-order valence-electron chi connectivity index (χ3n) is 5.66. The Bertz CT molecular complexity index is 1050. The van der Waals surface area contributed by atoms with Crippen molar-refractivity contribution in [1.82, 2.24) is 0 Å². The molecule has 3 rings (SSSR count). The molecule has 0 amide bonds. The molecule has 0 N–H and O–H groups in total. The molecule has 0 bridgehead atoms. The van der Waals surface area contributed by atoms with E-state index in [1.165, 1.54) is 0 Å². The molecule has 0 spiro atoms. The molecule has 0 saturated carbocycles. The van der Waals surface area contributed by atoms with E-state index in [1.807, 2.05) is 24.3 Å². The Morgan fingerprint density at radius 1 is 0.933 bits per heavy atom. The topological polar surface area (TPSA) is 52.6 Å². The summed E-state index contributed by atoms with van der Waals surface area (Å²) in [7, 11) is 0. The van der Waals surface area contributed by atoms with Gasteiger partial charge in [-0.05, 0) is 44.4 Å². The lowest BCUT2D eigenvalue weighted by atomic mass is 9.68. The number of esters is 2. The highest BCUT2D eigenvalue weighted by molar-refractivity contribution is 6.01. The fourth-order valence-corrected chi connectivity index (χ4v) is 4.14. The maximum absolute atomic E-state index is 12.5. The molecule has 0 saturated heterocycles. The van der Waals surface area contributed by atoms with E-state index in [9.17, 15) is 9.59 Å². The molecular formula is C26H30O4. The third-order valence-corrected chi connectivity index (χ3v) is 5.66. The van der Waals surface area contributed by atoms with Crippen LogP contribution in [0.3, 0.4) is 0 Å². The number of carbonyl (C=O) groups excluding carboxylic acids is 2. The first-order valence-corrected chi connectivity index (χ1v) is 10.3. The molecule has 30 heavy (non-hydrogen) atoms. The van der Waals surface area contributed by atoms with Gasteiger partial charge in [-0.2, -0.15) is 0 Å². The van der Waals surface area contributed by atoms with E-state index >= 15 is 0 Å². The molecule has 1 atom stereocenters. The largest absolute Gasteiger partial charge is 0.422 e. The van der Waals surface area contributed by atoms with Crippen LogP contribution in [0.5, 0.6) is 11.5 Å². The lowest BCUT2D eigenvalue weighted by molar-refractivity contribution is -0.131. The van der Waals surface area contributed by atoms with Gasteiger partial charge in [-0.1, -0.05) is 58.2 Å². The molecule has 2 aromatic carbocycles. The van der Waals surface area contributed by atoms with Crippen LogP contribution >= 0.6 is 0 Å². The Labute approximate surface area is 178 Å². The summed E-state index contributed by atoms with van der Waals surface area (Å²) in [5, 5.41) is 1.51. The smallest absolute Gasteiger partial charge is 0.338 e. The molecule has 0 aromatic heterocycles. The van der Waals surface area contributed by atoms with Gasteiger partial charge < -0.3 is 9.47 Å². The second-order valence-electron chi connectivity index (χ2n) is 9.25. The highest BCUT2D eigenvalue weighted by Gasteiger charge is 2.37. The van der Waals surface area contributed by atoms with Gasteiger partial charge in [-0.3, -0.25) is 0 Å². The molecule has 0 fully saturated rings. The van der Waals surface area contributed by atoms with Crippen molar-refractivity contribution >= 4 is 22.7 Å². The fourth-order valence-electron chi connectivity index (χ4n) is 4.14. The van der Waals surface area contributed by atoms with Crippen molar-refractivity contribution in [3.63, 3.8) is 0 Å². The highest BCUT2D eigenvalue weighted by atomic mass is 16.5. The first-order valence-electron chi connectivity index (χ1n) is 10.3. The van der Waals surface area contributed by atoms with Crippen LogP contribution in [0.1, 0.15) is 64.5 Å². The quantitative estimate of drug-likeness (QED) is 0.341. The zero-order valence-electron chi connectivity index (χ0n) is 18.6. The van der Waals surface area contributed by atoms with Crippen molar-refractivity contribution in [2.45, 2.75) is 59.8 Å². The number of hydrogen-bond donors (Lipinski definition) is 0. The number of benzene rings is 2. The first kappa shape index (κ1) is 21.8. The summed E-state index contributed by atoms with van der Waals surface area (Å²) >= 11 is 0. The molecular weight excluding hydrogens is 376 g/mol. The summed E-state index contributed by atoms with van der Waals surface area (Å²) in [6.45, 7) is 17.3. The van der Waals surface area contributed by atoms with Crippen molar-refractivity contribution in [3.8, 4) is 11.5 Å². The van der Waals surface area contributed by atoms with Gasteiger partial charge in [-0.15, -0.1) is 0 Å². The summed E-state index contributed by atoms with van der Waals surface area (Å²) in [5.41, 5.74) is 2.53. The highest BCUT2D eigenvalue weighted by Crippen LogP contribution is 2.53. The van der Waals surface area contributed by atoms with Gasteiger partial charge in [0.25, 0.3) is 0 Å². The maximum atomic E-state index is 12.5. The van der Waals surface area contributed by atoms with Crippen molar-refractivity contribution in [3.05, 3.63) is 59.7 Å². The van der Waals surface area contributed by atoms with Crippen LogP contribution in [0.15, 0.2) is 48.6 Å². The van der Waals surface area contributed by atoms with E-state index in [2.05, 4.69) is 33.9 Å². The Balaban J connectivity index is 2.38. The van der Waals surface area contributed by atoms with Gasteiger partial charge in [0.05, 0.1) is 0 Å². The predicted molar refractivity (Wildman–Crippen MR) is 120 cm³/mol. The van der Waals surface area contributed by atoms with Gasteiger partial charge >= 0.3 is 11.9 Å². The number of fused-ring (bicyclic) bond motifs is 2. The lowest BCUT2D eigenvalue weighted by Crippen LogP contribution is -2.26. The Hall–Kier alpha value is -2.88. The monoisotopic (exact) mass is 406 g/mol. The van der Waals surface area contributed by atoms with Crippen LogP contribution < -0.4 is 9.47 Å². The Morgan fingerprint density at radius 3 is 1.93 bits per heavy atom. The molecule has 1 aliphatic rings. The summed E-state index contributed by atoms with van der Waals surface area (Å²) < 4.78 is 11.8. The Kier molecular flexibility index (Phi) is 5.89. The molecule has 4 heteroatoms. The van der Waals surface area contributed by atoms with Gasteiger partial charge in [0.1, 0.15) is 11.5 Å². The van der Waals surface area contributed by atoms with Gasteiger partial charge in [0, 0.05) is 33.0 Å². The minimum Gasteiger partial charge on any atom is -0.422 e. The standard InChI is InChI=1S/C26H30O4/c1-15(2)24(27)29-22-17-11-8-9-12-18(17)23(30-25(28)16(3)4)21-19(22)13-10-14-20(21)26(5,6)7/h8-9,11-12,20H,1,3,10,13-14H2,2,4-7H3. The molecule has 0 heterocycles. The van der Waals surface area contributed by atoms with E-state index < -0.39 is 11.9 Å². The zero-order chi connectivity index (χ0) is 22.2. The van der Waals surface area contributed by atoms with Gasteiger partial charge in [0.15, 0.2) is 0 Å². The van der Waals surface area contributed by atoms with Crippen molar-refractivity contribution in [2.75, 3.05) is 0 Å².